The Labute approximate surface area is 236 Å². The summed E-state index contributed by atoms with van der Waals surface area (Å²) in [5.74, 6) is -2.32. The molecular formula is C29H32FNO8S. The summed E-state index contributed by atoms with van der Waals surface area (Å²) in [7, 11) is 0. The van der Waals surface area contributed by atoms with Crippen molar-refractivity contribution in [2.75, 3.05) is 17.3 Å². The highest BCUT2D eigenvalue weighted by Crippen LogP contribution is 2.44. The number of carbonyl (C=O) groups excluding carboxylic acids is 2. The topological polar surface area (TPSA) is 92.8 Å². The first-order valence-electron chi connectivity index (χ1n) is 13.2. The molecule has 2 unspecified atom stereocenters. The number of rotatable bonds is 5. The zero-order chi connectivity index (χ0) is 28.4. The molecule has 6 atom stereocenters. The lowest BCUT2D eigenvalue weighted by molar-refractivity contribution is -0.232. The van der Waals surface area contributed by atoms with Gasteiger partial charge in [0.25, 0.3) is 0 Å². The first-order valence-corrected chi connectivity index (χ1v) is 14.3. The summed E-state index contributed by atoms with van der Waals surface area (Å²) in [6, 6.07) is 11.2. The smallest absolute Gasteiger partial charge is 0.338 e. The molecule has 2 aromatic carbocycles. The molecule has 4 saturated heterocycles. The number of hydrogen-bond donors (Lipinski definition) is 0. The summed E-state index contributed by atoms with van der Waals surface area (Å²) >= 11 is 1.47. The van der Waals surface area contributed by atoms with Crippen LogP contribution < -0.4 is 4.90 Å². The Balaban J connectivity index is 1.22. The number of aryl methyl sites for hydroxylation is 1. The van der Waals surface area contributed by atoms with Gasteiger partial charge >= 0.3 is 5.97 Å². The van der Waals surface area contributed by atoms with Crippen molar-refractivity contribution in [2.24, 2.45) is 0 Å². The van der Waals surface area contributed by atoms with Crippen LogP contribution in [0.4, 0.5) is 10.1 Å². The number of fused-ring (bicyclic) bond motifs is 1. The quantitative estimate of drug-likeness (QED) is 0.481. The highest BCUT2D eigenvalue weighted by atomic mass is 32.2. The Hall–Kier alpha value is -2.54. The fourth-order valence-electron chi connectivity index (χ4n) is 5.62. The predicted molar refractivity (Wildman–Crippen MR) is 143 cm³/mol. The van der Waals surface area contributed by atoms with Gasteiger partial charge in [-0.25, -0.2) is 9.18 Å². The number of nitrogens with zero attached hydrogens (tertiary/aromatic N) is 1. The van der Waals surface area contributed by atoms with Gasteiger partial charge in [0.1, 0.15) is 23.4 Å². The molecule has 0 radical (unpaired) electrons. The zero-order valence-corrected chi connectivity index (χ0v) is 23.7. The van der Waals surface area contributed by atoms with Crippen LogP contribution in [0.25, 0.3) is 0 Å². The van der Waals surface area contributed by atoms with E-state index in [2.05, 4.69) is 0 Å². The van der Waals surface area contributed by atoms with Gasteiger partial charge in [0.05, 0.1) is 17.9 Å². The lowest BCUT2D eigenvalue weighted by Crippen LogP contribution is -2.45. The van der Waals surface area contributed by atoms with Crippen molar-refractivity contribution < 1.29 is 42.4 Å². The van der Waals surface area contributed by atoms with E-state index < -0.39 is 48.2 Å². The van der Waals surface area contributed by atoms with Gasteiger partial charge in [0.2, 0.25) is 5.91 Å². The van der Waals surface area contributed by atoms with Gasteiger partial charge < -0.3 is 28.4 Å². The van der Waals surface area contributed by atoms with Gasteiger partial charge in [-0.1, -0.05) is 12.1 Å². The van der Waals surface area contributed by atoms with Crippen LogP contribution >= 0.6 is 11.8 Å². The van der Waals surface area contributed by atoms with Crippen molar-refractivity contribution in [3.63, 3.8) is 0 Å². The van der Waals surface area contributed by atoms with Crippen LogP contribution in [0.3, 0.4) is 0 Å². The second kappa shape index (κ2) is 10.1. The number of benzene rings is 2. The molecule has 0 saturated carbocycles. The number of hydrogen-bond acceptors (Lipinski definition) is 9. The average Bonchev–Trinajstić information content (AvgIpc) is 3.61. The van der Waals surface area contributed by atoms with Crippen molar-refractivity contribution in [2.45, 2.75) is 82.3 Å². The second-order valence-electron chi connectivity index (χ2n) is 11.3. The molecule has 0 spiro atoms. The number of thioether (sulfide) groups is 1. The summed E-state index contributed by atoms with van der Waals surface area (Å²) in [5, 5.41) is -0.293. The van der Waals surface area contributed by atoms with Gasteiger partial charge in [0, 0.05) is 5.69 Å². The number of esters is 1. The predicted octanol–water partition coefficient (Wildman–Crippen LogP) is 4.47. The molecule has 0 N–H and O–H groups in total. The molecule has 2 aromatic rings. The maximum atomic E-state index is 13.5. The number of halogens is 1. The van der Waals surface area contributed by atoms with E-state index in [0.717, 1.165) is 11.1 Å². The standard InChI is InChI=1S/C29H32FNO8S/c1-15-12-17(8-11-19(15)31-21(32)14-40-25(31)16-6-9-18(30)10-7-16)26(33)35-23-22(20-13-34-28(2,3)37-20)36-27-24(23)38-29(4,5)39-27/h6-12,20,22-25,27H,13-14H2,1-5H3/t20?,22-,23+,24-,25?,27-/m1/s1. The van der Waals surface area contributed by atoms with E-state index in [4.69, 9.17) is 28.4 Å². The minimum atomic E-state index is -0.892. The highest BCUT2D eigenvalue weighted by molar-refractivity contribution is 8.00. The van der Waals surface area contributed by atoms with Crippen LogP contribution in [-0.2, 0) is 33.2 Å². The maximum Gasteiger partial charge on any atom is 0.338 e. The first kappa shape index (κ1) is 27.6. The zero-order valence-electron chi connectivity index (χ0n) is 22.9. The molecule has 4 aliphatic rings. The maximum absolute atomic E-state index is 13.5. The van der Waals surface area contributed by atoms with Gasteiger partial charge in [-0.3, -0.25) is 9.69 Å². The van der Waals surface area contributed by atoms with Crippen molar-refractivity contribution in [3.05, 3.63) is 65.0 Å². The fourth-order valence-corrected chi connectivity index (χ4v) is 6.79. The SMILES string of the molecule is Cc1cc(C(=O)O[C@@H]2[C@H]3OC(C)(C)O[C@H]3O[C@@H]2C2COC(C)(C)O2)ccc1N1C(=O)CSC1c1ccc(F)cc1. The molecule has 4 fully saturated rings. The summed E-state index contributed by atoms with van der Waals surface area (Å²) in [5.41, 5.74) is 2.55. The highest BCUT2D eigenvalue weighted by Gasteiger charge is 2.60. The Kier molecular flexibility index (Phi) is 6.96. The van der Waals surface area contributed by atoms with Crippen LogP contribution in [0, 0.1) is 12.7 Å². The molecule has 40 heavy (non-hydrogen) atoms. The number of ether oxygens (including phenoxy) is 6. The van der Waals surface area contributed by atoms with Crippen LogP contribution in [0.1, 0.15) is 54.6 Å². The van der Waals surface area contributed by atoms with Gasteiger partial charge in [-0.2, -0.15) is 0 Å². The molecular weight excluding hydrogens is 541 g/mol. The Morgan fingerprint density at radius 2 is 1.77 bits per heavy atom. The minimum absolute atomic E-state index is 0.0579. The molecule has 0 bridgehead atoms. The summed E-state index contributed by atoms with van der Waals surface area (Å²) in [6.07, 6.45) is -3.25. The number of anilines is 1. The summed E-state index contributed by atoms with van der Waals surface area (Å²) in [6.45, 7) is 9.30. The lowest BCUT2D eigenvalue weighted by Gasteiger charge is -2.29. The van der Waals surface area contributed by atoms with Gasteiger partial charge in [-0.15, -0.1) is 11.8 Å². The van der Waals surface area contributed by atoms with Gasteiger partial charge in [0.15, 0.2) is 30.1 Å². The molecule has 0 aliphatic carbocycles. The van der Waals surface area contributed by atoms with E-state index in [-0.39, 0.29) is 23.7 Å². The Bertz CT molecular complexity index is 1320. The number of carbonyl (C=O) groups is 2. The van der Waals surface area contributed by atoms with Crippen molar-refractivity contribution >= 4 is 29.3 Å². The van der Waals surface area contributed by atoms with Gasteiger partial charge in [-0.05, 0) is 76.1 Å². The van der Waals surface area contributed by atoms with Crippen molar-refractivity contribution in [3.8, 4) is 0 Å². The molecule has 1 amide bonds. The minimum Gasteiger partial charge on any atom is -0.453 e. The third-order valence-electron chi connectivity index (χ3n) is 7.38. The molecule has 4 aliphatic heterocycles. The van der Waals surface area contributed by atoms with Crippen molar-refractivity contribution in [1.29, 1.82) is 0 Å². The Morgan fingerprint density at radius 3 is 2.45 bits per heavy atom. The third kappa shape index (κ3) is 5.15. The summed E-state index contributed by atoms with van der Waals surface area (Å²) in [4.78, 5) is 28.0. The fraction of sp³-hybridized carbons (Fsp3) is 0.517. The molecule has 214 valence electrons. The largest absolute Gasteiger partial charge is 0.453 e. The molecule has 9 nitrogen and oxygen atoms in total. The molecule has 0 aromatic heterocycles. The van der Waals surface area contributed by atoms with Crippen molar-refractivity contribution in [1.82, 2.24) is 0 Å². The van der Waals surface area contributed by atoms with E-state index in [1.165, 1.54) is 23.9 Å². The van der Waals surface area contributed by atoms with Crippen LogP contribution in [0.2, 0.25) is 0 Å². The monoisotopic (exact) mass is 573 g/mol. The molecule has 4 heterocycles. The number of amides is 1. The summed E-state index contributed by atoms with van der Waals surface area (Å²) < 4.78 is 49.3. The third-order valence-corrected chi connectivity index (χ3v) is 8.59. The second-order valence-corrected chi connectivity index (χ2v) is 12.4. The van der Waals surface area contributed by atoms with E-state index in [0.29, 0.717) is 17.0 Å². The van der Waals surface area contributed by atoms with E-state index >= 15 is 0 Å². The lowest BCUT2D eigenvalue weighted by atomic mass is 10.0. The van der Waals surface area contributed by atoms with E-state index in [1.807, 2.05) is 20.8 Å². The Morgan fingerprint density at radius 1 is 1.02 bits per heavy atom. The first-order chi connectivity index (χ1) is 18.9. The van der Waals surface area contributed by atoms with E-state index in [9.17, 15) is 14.0 Å². The average molecular weight is 574 g/mol. The van der Waals surface area contributed by atoms with E-state index in [1.54, 1.807) is 49.1 Å². The normalized spacial score (nSPS) is 32.5. The van der Waals surface area contributed by atoms with Crippen LogP contribution in [-0.4, -0.2) is 66.5 Å². The van der Waals surface area contributed by atoms with Crippen LogP contribution in [0.15, 0.2) is 42.5 Å². The molecule has 6 rings (SSSR count). The van der Waals surface area contributed by atoms with Crippen LogP contribution in [0.5, 0.6) is 0 Å². The molecule has 11 heteroatoms.